The maximum atomic E-state index is 3.96. The minimum Gasteiger partial charge on any atom is -0.0991 e. The van der Waals surface area contributed by atoms with E-state index in [9.17, 15) is 0 Å². The van der Waals surface area contributed by atoms with Crippen LogP contribution in [-0.4, -0.2) is 0 Å². The zero-order valence-corrected chi connectivity index (χ0v) is 33.6. The predicted molar refractivity (Wildman–Crippen MR) is 251 cm³/mol. The summed E-state index contributed by atoms with van der Waals surface area (Å²) in [7, 11) is 0. The topological polar surface area (TPSA) is 0 Å². The fourth-order valence-electron chi connectivity index (χ4n) is 8.80. The van der Waals surface area contributed by atoms with Crippen molar-refractivity contribution in [2.45, 2.75) is 26.7 Å². The van der Waals surface area contributed by atoms with Crippen molar-refractivity contribution in [3.05, 3.63) is 253 Å². The van der Waals surface area contributed by atoms with Crippen LogP contribution in [0.5, 0.6) is 0 Å². The van der Waals surface area contributed by atoms with Crippen molar-refractivity contribution in [2.75, 3.05) is 0 Å². The molecule has 0 radical (unpaired) electrons. The van der Waals surface area contributed by atoms with Crippen LogP contribution in [0.3, 0.4) is 0 Å². The summed E-state index contributed by atoms with van der Waals surface area (Å²) < 4.78 is 0. The molecule has 6 aromatic carbocycles. The first-order valence-electron chi connectivity index (χ1n) is 20.8. The second-order valence-electron chi connectivity index (χ2n) is 14.7. The molecule has 0 aromatic heterocycles. The van der Waals surface area contributed by atoms with Crippen molar-refractivity contribution >= 4 is 11.1 Å². The van der Waals surface area contributed by atoms with Gasteiger partial charge in [-0.2, -0.15) is 0 Å². The molecule has 0 N–H and O–H groups in total. The smallest absolute Gasteiger partial charge is 0.0167 e. The van der Waals surface area contributed by atoms with E-state index in [1.165, 1.54) is 83.5 Å². The molecule has 0 heteroatoms. The third-order valence-corrected chi connectivity index (χ3v) is 11.5. The van der Waals surface area contributed by atoms with Gasteiger partial charge in [0.2, 0.25) is 0 Å². The van der Waals surface area contributed by atoms with E-state index in [1.807, 2.05) is 26.0 Å². The lowest BCUT2D eigenvalue weighted by molar-refractivity contribution is 0.593. The molecule has 9 rings (SSSR count). The second-order valence-corrected chi connectivity index (χ2v) is 14.7. The molecule has 0 nitrogen and oxygen atoms in total. The highest BCUT2D eigenvalue weighted by atomic mass is 14.4. The molecule has 58 heavy (non-hydrogen) atoms. The average molecular weight is 747 g/mol. The Bertz CT molecular complexity index is 2580. The molecule has 3 aliphatic rings. The van der Waals surface area contributed by atoms with Crippen LogP contribution in [0.25, 0.3) is 55.7 Å². The second kappa shape index (κ2) is 18.0. The van der Waals surface area contributed by atoms with Gasteiger partial charge in [-0.3, -0.25) is 0 Å². The molecule has 0 spiro atoms. The summed E-state index contributed by atoms with van der Waals surface area (Å²) in [5.41, 5.74) is 19.4. The number of rotatable bonds is 9. The lowest BCUT2D eigenvalue weighted by Gasteiger charge is -2.40. The van der Waals surface area contributed by atoms with Crippen molar-refractivity contribution in [2.24, 2.45) is 11.8 Å². The third kappa shape index (κ3) is 7.80. The lowest BCUT2D eigenvalue weighted by Crippen LogP contribution is -2.27. The molecule has 2 atom stereocenters. The zero-order valence-electron chi connectivity index (χ0n) is 33.6. The Hall–Kier alpha value is -6.76. The molecule has 0 aliphatic heterocycles. The van der Waals surface area contributed by atoms with Crippen molar-refractivity contribution in [1.29, 1.82) is 0 Å². The van der Waals surface area contributed by atoms with Crippen LogP contribution < -0.4 is 0 Å². The van der Waals surface area contributed by atoms with Gasteiger partial charge < -0.3 is 0 Å². The van der Waals surface area contributed by atoms with E-state index in [4.69, 9.17) is 0 Å². The molecule has 0 fully saturated rings. The molecule has 2 unspecified atom stereocenters. The molecule has 6 aromatic rings. The van der Waals surface area contributed by atoms with Gasteiger partial charge in [-0.1, -0.05) is 244 Å². The normalized spacial score (nSPS) is 17.1. The number of benzene rings is 6. The lowest BCUT2D eigenvalue weighted by atomic mass is 9.63. The van der Waals surface area contributed by atoms with Crippen molar-refractivity contribution in [3.63, 3.8) is 0 Å². The van der Waals surface area contributed by atoms with E-state index in [2.05, 4.69) is 213 Å². The molecule has 0 amide bonds. The number of hydrogen-bond acceptors (Lipinski definition) is 0. The Morgan fingerprint density at radius 1 is 0.534 bits per heavy atom. The van der Waals surface area contributed by atoms with Crippen LogP contribution in [0.2, 0.25) is 0 Å². The first-order valence-corrected chi connectivity index (χ1v) is 20.8. The predicted octanol–water partition coefficient (Wildman–Crippen LogP) is 16.0. The van der Waals surface area contributed by atoms with Crippen LogP contribution in [0.15, 0.2) is 242 Å². The van der Waals surface area contributed by atoms with Gasteiger partial charge in [0, 0.05) is 11.8 Å². The van der Waals surface area contributed by atoms with Gasteiger partial charge in [-0.25, -0.2) is 0 Å². The summed E-state index contributed by atoms with van der Waals surface area (Å²) in [6, 6.07) is 57.5. The minimum atomic E-state index is 0.214. The van der Waals surface area contributed by atoms with Crippen LogP contribution >= 0.6 is 0 Å². The van der Waals surface area contributed by atoms with Gasteiger partial charge in [0.05, 0.1) is 0 Å². The highest BCUT2D eigenvalue weighted by Gasteiger charge is 2.38. The van der Waals surface area contributed by atoms with Gasteiger partial charge in [-0.05, 0) is 90.8 Å². The molecule has 0 bridgehead atoms. The van der Waals surface area contributed by atoms with Crippen LogP contribution in [-0.2, 0) is 0 Å². The molecule has 0 saturated carbocycles. The fourth-order valence-corrected chi connectivity index (χ4v) is 8.80. The van der Waals surface area contributed by atoms with Gasteiger partial charge in [0.15, 0.2) is 0 Å². The SMILES string of the molecule is C=C/C=C\C=C(/c1ccc(-c2ccccc2)cc1)C1C2=C(C=CCC2)C(c2ccc(-c3ccccc3-c3ccc(-c4ccccc4)cc3)cc2)=C2C=CC=CC21.CC. The fraction of sp³-hybridized carbons (Fsp3) is 0.103. The number of hydrogen-bond donors (Lipinski definition) is 0. The average Bonchev–Trinajstić information content (AvgIpc) is 3.31. The van der Waals surface area contributed by atoms with Crippen LogP contribution in [0, 0.1) is 11.8 Å². The highest BCUT2D eigenvalue weighted by molar-refractivity contribution is 5.93. The quantitative estimate of drug-likeness (QED) is 0.129. The number of allylic oxidation sites excluding steroid dienone is 15. The first kappa shape index (κ1) is 38.1. The summed E-state index contributed by atoms with van der Waals surface area (Å²) in [5, 5.41) is 0. The van der Waals surface area contributed by atoms with Crippen LogP contribution in [0.1, 0.15) is 37.8 Å². The molecule has 0 heterocycles. The van der Waals surface area contributed by atoms with E-state index in [1.54, 1.807) is 0 Å². The third-order valence-electron chi connectivity index (χ3n) is 11.5. The van der Waals surface area contributed by atoms with E-state index >= 15 is 0 Å². The summed E-state index contributed by atoms with van der Waals surface area (Å²) in [6.45, 7) is 7.96. The van der Waals surface area contributed by atoms with Gasteiger partial charge in [0.1, 0.15) is 0 Å². The van der Waals surface area contributed by atoms with E-state index < -0.39 is 0 Å². The summed E-state index contributed by atoms with van der Waals surface area (Å²) >= 11 is 0. The molecular formula is C58H50. The maximum absolute atomic E-state index is 3.96. The Balaban J connectivity index is 0.00000231. The molecular weight excluding hydrogens is 697 g/mol. The summed E-state index contributed by atoms with van der Waals surface area (Å²) in [5.74, 6) is 0.433. The highest BCUT2D eigenvalue weighted by Crippen LogP contribution is 2.53. The standard InChI is InChI=1S/C56H44.C2H6/c1-2-3-6-23-50(46-34-30-43(31-35-46)41-19-9-5-10-20-41)56-53-26-15-13-24-51(53)55(52-25-14-16-27-54(52)56)47-38-36-45(37-39-47)49-22-12-11-21-48(49)44-32-28-42(29-33-44)40-17-7-4-8-18-40;1-2/h2-15,17-26,28-39,53,56H,1,16,27H2;1-2H3/b6-3-,50-23+;. The Labute approximate surface area is 345 Å². The van der Waals surface area contributed by atoms with Crippen molar-refractivity contribution < 1.29 is 0 Å². The molecule has 282 valence electrons. The van der Waals surface area contributed by atoms with E-state index in [0.717, 1.165) is 12.8 Å². The van der Waals surface area contributed by atoms with Gasteiger partial charge in [0.25, 0.3) is 0 Å². The number of fused-ring (bicyclic) bond motifs is 1. The van der Waals surface area contributed by atoms with E-state index in [-0.39, 0.29) is 11.8 Å². The van der Waals surface area contributed by atoms with Gasteiger partial charge >= 0.3 is 0 Å². The Morgan fingerprint density at radius 3 is 1.64 bits per heavy atom. The van der Waals surface area contributed by atoms with Crippen molar-refractivity contribution in [1.82, 2.24) is 0 Å². The van der Waals surface area contributed by atoms with Crippen LogP contribution in [0.4, 0.5) is 0 Å². The zero-order chi connectivity index (χ0) is 39.7. The van der Waals surface area contributed by atoms with Gasteiger partial charge in [-0.15, -0.1) is 0 Å². The van der Waals surface area contributed by atoms with E-state index in [0.29, 0.717) is 0 Å². The summed E-state index contributed by atoms with van der Waals surface area (Å²) in [6.07, 6.45) is 24.5. The monoisotopic (exact) mass is 746 g/mol. The molecule has 3 aliphatic carbocycles. The minimum absolute atomic E-state index is 0.214. The van der Waals surface area contributed by atoms with Crippen molar-refractivity contribution in [3.8, 4) is 44.5 Å². The maximum Gasteiger partial charge on any atom is 0.0167 e. The first-order chi connectivity index (χ1) is 28.8. The largest absolute Gasteiger partial charge is 0.0991 e. The Kier molecular flexibility index (Phi) is 11.8. The Morgan fingerprint density at radius 2 is 1.05 bits per heavy atom. The summed E-state index contributed by atoms with van der Waals surface area (Å²) in [4.78, 5) is 0. The molecule has 0 saturated heterocycles.